The normalized spacial score (nSPS) is 13.2. The minimum absolute atomic E-state index is 0.0839. The van der Waals surface area contributed by atoms with E-state index in [4.69, 9.17) is 5.73 Å². The van der Waals surface area contributed by atoms with Gasteiger partial charge in [-0.05, 0) is 30.9 Å². The average molecular weight is 206 g/mol. The number of aromatic nitrogens is 1. The second-order valence-electron chi connectivity index (χ2n) is 4.32. The third-order valence-corrected chi connectivity index (χ3v) is 3.13. The maximum atomic E-state index is 6.25. The van der Waals surface area contributed by atoms with Gasteiger partial charge < -0.3 is 5.73 Å². The van der Waals surface area contributed by atoms with E-state index in [0.717, 1.165) is 18.5 Å². The van der Waals surface area contributed by atoms with Crippen LogP contribution in [-0.2, 0) is 0 Å². The molecule has 1 aromatic heterocycles. The first kappa shape index (κ1) is 12.2. The minimum Gasteiger partial charge on any atom is -0.322 e. The van der Waals surface area contributed by atoms with Crippen molar-refractivity contribution in [1.82, 2.24) is 4.98 Å². The van der Waals surface area contributed by atoms with E-state index >= 15 is 0 Å². The van der Waals surface area contributed by atoms with Crippen LogP contribution in [0.25, 0.3) is 0 Å². The summed E-state index contributed by atoms with van der Waals surface area (Å²) >= 11 is 0. The molecular formula is C13H22N2. The molecular weight excluding hydrogens is 184 g/mol. The van der Waals surface area contributed by atoms with Crippen LogP contribution in [0.5, 0.6) is 0 Å². The molecule has 15 heavy (non-hydrogen) atoms. The number of pyridine rings is 1. The van der Waals surface area contributed by atoms with Gasteiger partial charge in [-0.3, -0.25) is 4.98 Å². The Labute approximate surface area is 92.9 Å². The fraction of sp³-hybridized carbons (Fsp3) is 0.615. The molecule has 1 unspecified atom stereocenters. The van der Waals surface area contributed by atoms with Gasteiger partial charge in [0.2, 0.25) is 0 Å². The molecule has 0 saturated carbocycles. The predicted molar refractivity (Wildman–Crippen MR) is 64.7 cm³/mol. The molecule has 0 aliphatic carbocycles. The Morgan fingerprint density at radius 1 is 1.27 bits per heavy atom. The fourth-order valence-corrected chi connectivity index (χ4v) is 2.09. The van der Waals surface area contributed by atoms with Crippen molar-refractivity contribution in [3.8, 4) is 0 Å². The smallest absolute Gasteiger partial charge is 0.0603 e. The summed E-state index contributed by atoms with van der Waals surface area (Å²) in [6.45, 7) is 8.54. The molecule has 1 atom stereocenters. The Morgan fingerprint density at radius 3 is 2.33 bits per heavy atom. The van der Waals surface area contributed by atoms with Crippen LogP contribution in [0.2, 0.25) is 0 Å². The first-order valence-electron chi connectivity index (χ1n) is 5.78. The summed E-state index contributed by atoms with van der Waals surface area (Å²) in [6.07, 6.45) is 4.14. The molecule has 2 N–H and O–H groups in total. The van der Waals surface area contributed by atoms with Gasteiger partial charge in [-0.25, -0.2) is 0 Å². The Kier molecular flexibility index (Phi) is 4.28. The van der Waals surface area contributed by atoms with Crippen LogP contribution >= 0.6 is 0 Å². The molecule has 0 spiro atoms. The van der Waals surface area contributed by atoms with E-state index in [1.807, 2.05) is 6.20 Å². The lowest BCUT2D eigenvalue weighted by atomic mass is 9.90. The third kappa shape index (κ3) is 2.78. The molecule has 0 amide bonds. The summed E-state index contributed by atoms with van der Waals surface area (Å²) in [5, 5.41) is 0. The first-order valence-corrected chi connectivity index (χ1v) is 5.78. The van der Waals surface area contributed by atoms with Crippen LogP contribution in [0.15, 0.2) is 12.3 Å². The third-order valence-electron chi connectivity index (χ3n) is 3.13. The SMILES string of the molecule is CCC(CC)C(N)c1ncc(C)cc1C. The lowest BCUT2D eigenvalue weighted by Crippen LogP contribution is -2.22. The van der Waals surface area contributed by atoms with Gasteiger partial charge in [0.05, 0.1) is 11.7 Å². The van der Waals surface area contributed by atoms with Gasteiger partial charge in [0, 0.05) is 6.20 Å². The second-order valence-corrected chi connectivity index (χ2v) is 4.32. The van der Waals surface area contributed by atoms with Gasteiger partial charge in [0.25, 0.3) is 0 Å². The van der Waals surface area contributed by atoms with E-state index in [-0.39, 0.29) is 6.04 Å². The molecule has 1 heterocycles. The van der Waals surface area contributed by atoms with Gasteiger partial charge in [0.15, 0.2) is 0 Å². The standard InChI is InChI=1S/C13H22N2/c1-5-11(6-2)12(14)13-10(4)7-9(3)8-15-13/h7-8,11-12H,5-6,14H2,1-4H3. The lowest BCUT2D eigenvalue weighted by molar-refractivity contribution is 0.397. The van der Waals surface area contributed by atoms with Crippen LogP contribution in [-0.4, -0.2) is 4.98 Å². The molecule has 2 heteroatoms. The zero-order chi connectivity index (χ0) is 11.4. The van der Waals surface area contributed by atoms with Crippen LogP contribution in [0.3, 0.4) is 0 Å². The van der Waals surface area contributed by atoms with E-state index in [2.05, 4.69) is 38.7 Å². The maximum absolute atomic E-state index is 6.25. The number of aryl methyl sites for hydroxylation is 2. The Balaban J connectivity index is 2.94. The highest BCUT2D eigenvalue weighted by molar-refractivity contribution is 5.25. The lowest BCUT2D eigenvalue weighted by Gasteiger charge is -2.22. The van der Waals surface area contributed by atoms with Gasteiger partial charge in [-0.15, -0.1) is 0 Å². The molecule has 0 aliphatic heterocycles. The maximum Gasteiger partial charge on any atom is 0.0603 e. The molecule has 84 valence electrons. The second kappa shape index (κ2) is 5.26. The Hall–Kier alpha value is -0.890. The van der Waals surface area contributed by atoms with Crippen molar-refractivity contribution in [2.24, 2.45) is 11.7 Å². The van der Waals surface area contributed by atoms with Crippen LogP contribution in [0.1, 0.15) is 49.6 Å². The fourth-order valence-electron chi connectivity index (χ4n) is 2.09. The van der Waals surface area contributed by atoms with E-state index < -0.39 is 0 Å². The predicted octanol–water partition coefficient (Wildman–Crippen LogP) is 3.13. The summed E-state index contributed by atoms with van der Waals surface area (Å²) in [5.74, 6) is 0.541. The van der Waals surface area contributed by atoms with Gasteiger partial charge in [0.1, 0.15) is 0 Å². The minimum atomic E-state index is 0.0839. The zero-order valence-electron chi connectivity index (χ0n) is 10.2. The first-order chi connectivity index (χ1) is 7.10. The largest absolute Gasteiger partial charge is 0.322 e. The van der Waals surface area contributed by atoms with E-state index in [1.54, 1.807) is 0 Å². The molecule has 0 bridgehead atoms. The Morgan fingerprint density at radius 2 is 1.87 bits per heavy atom. The average Bonchev–Trinajstić information content (AvgIpc) is 2.19. The molecule has 0 aromatic carbocycles. The summed E-state index contributed by atoms with van der Waals surface area (Å²) < 4.78 is 0. The van der Waals surface area contributed by atoms with Crippen molar-refractivity contribution in [3.63, 3.8) is 0 Å². The number of nitrogens with two attached hydrogens (primary N) is 1. The van der Waals surface area contributed by atoms with E-state index in [9.17, 15) is 0 Å². The van der Waals surface area contributed by atoms with Gasteiger partial charge in [-0.1, -0.05) is 32.8 Å². The van der Waals surface area contributed by atoms with Crippen molar-refractivity contribution in [3.05, 3.63) is 29.1 Å². The highest BCUT2D eigenvalue weighted by Crippen LogP contribution is 2.25. The zero-order valence-corrected chi connectivity index (χ0v) is 10.2. The highest BCUT2D eigenvalue weighted by Gasteiger charge is 2.18. The van der Waals surface area contributed by atoms with Crippen molar-refractivity contribution < 1.29 is 0 Å². The quantitative estimate of drug-likeness (QED) is 0.822. The van der Waals surface area contributed by atoms with Crippen molar-refractivity contribution in [1.29, 1.82) is 0 Å². The van der Waals surface area contributed by atoms with Crippen molar-refractivity contribution >= 4 is 0 Å². The molecule has 2 nitrogen and oxygen atoms in total. The monoisotopic (exact) mass is 206 g/mol. The molecule has 0 saturated heterocycles. The van der Waals surface area contributed by atoms with Gasteiger partial charge >= 0.3 is 0 Å². The number of hydrogen-bond acceptors (Lipinski definition) is 2. The summed E-state index contributed by atoms with van der Waals surface area (Å²) in [5.41, 5.74) is 9.73. The summed E-state index contributed by atoms with van der Waals surface area (Å²) in [6, 6.07) is 2.24. The molecule has 0 radical (unpaired) electrons. The van der Waals surface area contributed by atoms with Crippen molar-refractivity contribution in [2.75, 3.05) is 0 Å². The topological polar surface area (TPSA) is 38.9 Å². The van der Waals surface area contributed by atoms with Gasteiger partial charge in [-0.2, -0.15) is 0 Å². The molecule has 1 aromatic rings. The van der Waals surface area contributed by atoms with Crippen LogP contribution in [0.4, 0.5) is 0 Å². The molecule has 0 fully saturated rings. The van der Waals surface area contributed by atoms with Crippen molar-refractivity contribution in [2.45, 2.75) is 46.6 Å². The number of rotatable bonds is 4. The summed E-state index contributed by atoms with van der Waals surface area (Å²) in [4.78, 5) is 4.47. The van der Waals surface area contributed by atoms with Crippen LogP contribution in [0, 0.1) is 19.8 Å². The van der Waals surface area contributed by atoms with E-state index in [0.29, 0.717) is 5.92 Å². The molecule has 0 aliphatic rings. The summed E-state index contributed by atoms with van der Waals surface area (Å²) in [7, 11) is 0. The highest BCUT2D eigenvalue weighted by atomic mass is 14.8. The molecule has 1 rings (SSSR count). The Bertz CT molecular complexity index is 316. The van der Waals surface area contributed by atoms with E-state index in [1.165, 1.54) is 11.1 Å². The van der Waals surface area contributed by atoms with Crippen LogP contribution < -0.4 is 5.73 Å². The number of hydrogen-bond donors (Lipinski definition) is 1. The number of nitrogens with zero attached hydrogens (tertiary/aromatic N) is 1.